The highest BCUT2D eigenvalue weighted by molar-refractivity contribution is 7.14. The molecule has 0 saturated carbocycles. The van der Waals surface area contributed by atoms with Gasteiger partial charge in [0, 0.05) is 4.88 Å². The second-order valence-corrected chi connectivity index (χ2v) is 7.59. The van der Waals surface area contributed by atoms with E-state index >= 15 is 0 Å². The van der Waals surface area contributed by atoms with Crippen molar-refractivity contribution in [2.24, 2.45) is 5.92 Å². The van der Waals surface area contributed by atoms with E-state index in [2.05, 4.69) is 12.2 Å². The molecule has 2 aromatic rings. The molecule has 6 heteroatoms. The summed E-state index contributed by atoms with van der Waals surface area (Å²) < 4.78 is 4.69. The summed E-state index contributed by atoms with van der Waals surface area (Å²) in [5, 5.41) is 3.18. The van der Waals surface area contributed by atoms with E-state index in [1.807, 2.05) is 6.07 Å². The van der Waals surface area contributed by atoms with Crippen LogP contribution in [0, 0.1) is 5.92 Å². The van der Waals surface area contributed by atoms with Crippen molar-refractivity contribution in [1.29, 1.82) is 0 Å². The van der Waals surface area contributed by atoms with Crippen LogP contribution in [-0.2, 0) is 17.6 Å². The number of fused-ring (bicyclic) bond motifs is 1. The van der Waals surface area contributed by atoms with E-state index in [9.17, 15) is 9.59 Å². The fourth-order valence-corrected chi connectivity index (χ4v) is 4.14. The number of benzene rings is 1. The van der Waals surface area contributed by atoms with E-state index in [0.717, 1.165) is 12.8 Å². The number of hydrogen-bond acceptors (Lipinski definition) is 4. The first-order chi connectivity index (χ1) is 11.5. The normalized spacial score (nSPS) is 16.4. The van der Waals surface area contributed by atoms with Crippen LogP contribution in [0.2, 0.25) is 5.02 Å². The molecule has 0 radical (unpaired) electrons. The first kappa shape index (κ1) is 17.0. The summed E-state index contributed by atoms with van der Waals surface area (Å²) in [5.41, 5.74) is 2.03. The first-order valence-electron chi connectivity index (χ1n) is 7.78. The second kappa shape index (κ2) is 6.95. The molecular weight excluding hydrogens is 346 g/mol. The highest BCUT2D eigenvalue weighted by Crippen LogP contribution is 2.33. The van der Waals surface area contributed by atoms with E-state index in [1.54, 1.807) is 12.1 Å². The number of ether oxygens (including phenoxy) is 1. The van der Waals surface area contributed by atoms with Crippen molar-refractivity contribution in [2.75, 3.05) is 12.4 Å². The van der Waals surface area contributed by atoms with Gasteiger partial charge in [-0.1, -0.05) is 18.5 Å². The molecule has 1 N–H and O–H groups in total. The average molecular weight is 364 g/mol. The lowest BCUT2D eigenvalue weighted by molar-refractivity contribution is 0.0600. The van der Waals surface area contributed by atoms with Gasteiger partial charge in [0.25, 0.3) is 5.91 Å². The molecule has 4 nitrogen and oxygen atoms in total. The molecular formula is C18H18ClNO3S. The van der Waals surface area contributed by atoms with E-state index in [-0.39, 0.29) is 5.91 Å². The van der Waals surface area contributed by atoms with Gasteiger partial charge < -0.3 is 10.1 Å². The molecule has 1 aliphatic rings. The minimum absolute atomic E-state index is 0.203. The molecule has 1 unspecified atom stereocenters. The quantitative estimate of drug-likeness (QED) is 0.813. The number of carbonyl (C=O) groups excluding carboxylic acids is 2. The van der Waals surface area contributed by atoms with Gasteiger partial charge in [-0.25, -0.2) is 4.79 Å². The molecule has 0 fully saturated rings. The lowest BCUT2D eigenvalue weighted by Crippen LogP contribution is -2.12. The fourth-order valence-electron chi connectivity index (χ4n) is 2.87. The Labute approximate surface area is 149 Å². The molecule has 0 bridgehead atoms. The Kier molecular flexibility index (Phi) is 4.92. The topological polar surface area (TPSA) is 55.4 Å². The molecule has 126 valence electrons. The van der Waals surface area contributed by atoms with Crippen LogP contribution in [0.5, 0.6) is 0 Å². The van der Waals surface area contributed by atoms with Crippen molar-refractivity contribution in [2.45, 2.75) is 26.2 Å². The van der Waals surface area contributed by atoms with E-state index < -0.39 is 5.97 Å². The zero-order valence-corrected chi connectivity index (χ0v) is 15.1. The number of anilines is 1. The number of thiophene rings is 1. The molecule has 1 amide bonds. The molecule has 0 saturated heterocycles. The average Bonchev–Trinajstić information content (AvgIpc) is 2.99. The van der Waals surface area contributed by atoms with Gasteiger partial charge in [-0.15, -0.1) is 11.3 Å². The third kappa shape index (κ3) is 3.47. The van der Waals surface area contributed by atoms with Crippen LogP contribution in [0.3, 0.4) is 0 Å². The third-order valence-electron chi connectivity index (χ3n) is 4.19. The van der Waals surface area contributed by atoms with Crippen molar-refractivity contribution in [3.63, 3.8) is 0 Å². The van der Waals surface area contributed by atoms with Crippen LogP contribution >= 0.6 is 22.9 Å². The molecule has 24 heavy (non-hydrogen) atoms. The zero-order valence-electron chi connectivity index (χ0n) is 13.5. The maximum absolute atomic E-state index is 12.5. The molecule has 0 aliphatic heterocycles. The van der Waals surface area contributed by atoms with E-state index in [0.29, 0.717) is 27.1 Å². The zero-order chi connectivity index (χ0) is 17.3. The van der Waals surface area contributed by atoms with Crippen molar-refractivity contribution in [3.05, 3.63) is 50.2 Å². The largest absolute Gasteiger partial charge is 0.465 e. The maximum atomic E-state index is 12.5. The number of esters is 1. The highest BCUT2D eigenvalue weighted by atomic mass is 35.5. The minimum atomic E-state index is -0.470. The number of methoxy groups -OCH3 is 1. The van der Waals surface area contributed by atoms with Crippen LogP contribution in [0.4, 0.5) is 5.69 Å². The number of halogens is 1. The van der Waals surface area contributed by atoms with Gasteiger partial charge >= 0.3 is 5.97 Å². The standard InChI is InChI=1S/C18H18ClNO3S/c1-10-3-6-15-12(7-10)9-16(24-15)17(21)20-14-8-11(18(22)23-2)4-5-13(14)19/h4-5,8-10H,3,6-7H2,1-2H3,(H,20,21). The Morgan fingerprint density at radius 1 is 1.33 bits per heavy atom. The summed E-state index contributed by atoms with van der Waals surface area (Å²) in [6, 6.07) is 6.64. The fraction of sp³-hybridized carbons (Fsp3) is 0.333. The SMILES string of the molecule is COC(=O)c1ccc(Cl)c(NC(=O)c2cc3c(s2)CCC(C)C3)c1. The van der Waals surface area contributed by atoms with Crippen LogP contribution in [0.1, 0.15) is 43.8 Å². The lowest BCUT2D eigenvalue weighted by atomic mass is 9.90. The Hall–Kier alpha value is -1.85. The molecule has 1 atom stereocenters. The Balaban J connectivity index is 1.81. The van der Waals surface area contributed by atoms with Gasteiger partial charge in [-0.2, -0.15) is 0 Å². The monoisotopic (exact) mass is 363 g/mol. The third-order valence-corrected chi connectivity index (χ3v) is 5.75. The maximum Gasteiger partial charge on any atom is 0.337 e. The van der Waals surface area contributed by atoms with Gasteiger partial charge in [0.15, 0.2) is 0 Å². The van der Waals surface area contributed by atoms with Crippen LogP contribution in [-0.4, -0.2) is 19.0 Å². The summed E-state index contributed by atoms with van der Waals surface area (Å²) in [5.74, 6) is -0.0112. The highest BCUT2D eigenvalue weighted by Gasteiger charge is 2.21. The van der Waals surface area contributed by atoms with Gasteiger partial charge in [0.05, 0.1) is 28.3 Å². The van der Waals surface area contributed by atoms with Crippen molar-refractivity contribution in [1.82, 2.24) is 0 Å². The summed E-state index contributed by atoms with van der Waals surface area (Å²) in [6.07, 6.45) is 3.23. The second-order valence-electron chi connectivity index (χ2n) is 6.05. The summed E-state index contributed by atoms with van der Waals surface area (Å²) in [6.45, 7) is 2.23. The van der Waals surface area contributed by atoms with Gasteiger partial charge in [-0.05, 0) is 55.0 Å². The number of rotatable bonds is 3. The van der Waals surface area contributed by atoms with Crippen LogP contribution < -0.4 is 5.32 Å². The molecule has 3 rings (SSSR count). The Bertz CT molecular complexity index is 800. The summed E-state index contributed by atoms with van der Waals surface area (Å²) >= 11 is 7.67. The number of carbonyl (C=O) groups is 2. The van der Waals surface area contributed by atoms with Crippen LogP contribution in [0.15, 0.2) is 24.3 Å². The molecule has 1 heterocycles. The van der Waals surface area contributed by atoms with Crippen molar-refractivity contribution >= 4 is 40.5 Å². The van der Waals surface area contributed by atoms with E-state index in [4.69, 9.17) is 16.3 Å². The van der Waals surface area contributed by atoms with Gasteiger partial charge in [0.2, 0.25) is 0 Å². The van der Waals surface area contributed by atoms with Gasteiger partial charge in [0.1, 0.15) is 0 Å². The van der Waals surface area contributed by atoms with Crippen molar-refractivity contribution in [3.8, 4) is 0 Å². The molecule has 1 aromatic heterocycles. The van der Waals surface area contributed by atoms with Crippen LogP contribution in [0.25, 0.3) is 0 Å². The smallest absolute Gasteiger partial charge is 0.337 e. The first-order valence-corrected chi connectivity index (χ1v) is 8.98. The summed E-state index contributed by atoms with van der Waals surface area (Å²) in [7, 11) is 1.31. The molecule has 1 aliphatic carbocycles. The number of amides is 1. The Morgan fingerprint density at radius 2 is 2.12 bits per heavy atom. The van der Waals surface area contributed by atoms with Crippen molar-refractivity contribution < 1.29 is 14.3 Å². The predicted molar refractivity (Wildman–Crippen MR) is 96.3 cm³/mol. The minimum Gasteiger partial charge on any atom is -0.465 e. The predicted octanol–water partition coefficient (Wildman–Crippen LogP) is 4.57. The summed E-state index contributed by atoms with van der Waals surface area (Å²) in [4.78, 5) is 26.1. The number of aryl methyl sites for hydroxylation is 1. The number of nitrogens with one attached hydrogen (secondary N) is 1. The van der Waals surface area contributed by atoms with Gasteiger partial charge in [-0.3, -0.25) is 4.79 Å². The van der Waals surface area contributed by atoms with E-state index in [1.165, 1.54) is 41.4 Å². The molecule has 1 aromatic carbocycles. The Morgan fingerprint density at radius 3 is 2.88 bits per heavy atom. The molecule has 0 spiro atoms. The number of hydrogen-bond donors (Lipinski definition) is 1. The lowest BCUT2D eigenvalue weighted by Gasteiger charge is -2.16.